The number of esters is 1. The van der Waals surface area contributed by atoms with E-state index < -0.39 is 19.9 Å². The van der Waals surface area contributed by atoms with Gasteiger partial charge in [-0.2, -0.15) is 0 Å². The molecular weight excluding hydrogens is 422 g/mol. The highest BCUT2D eigenvalue weighted by molar-refractivity contribution is 6.74. The Morgan fingerprint density at radius 3 is 2.19 bits per heavy atom. The molecule has 0 bridgehead atoms. The Kier molecular flexibility index (Phi) is 10.8. The Labute approximate surface area is 196 Å². The summed E-state index contributed by atoms with van der Waals surface area (Å²) in [4.78, 5) is 25.8. The van der Waals surface area contributed by atoms with Gasteiger partial charge >= 0.3 is 12.1 Å². The van der Waals surface area contributed by atoms with E-state index in [1.165, 1.54) is 0 Å². The minimum atomic E-state index is -2.00. The second kappa shape index (κ2) is 12.1. The Morgan fingerprint density at radius 1 is 1.09 bits per heavy atom. The molecule has 1 amide bonds. The SMILES string of the molecule is CCOC(=O)C#C[C@@H](CCCC1CCN(C(=O)OC(C)(C)C)CC1)O[Si](C)(C)C(C)(C)C. The number of nitrogens with zero attached hydrogens (tertiary/aromatic N) is 1. The zero-order valence-electron chi connectivity index (χ0n) is 21.8. The normalized spacial score (nSPS) is 16.7. The molecule has 0 unspecified atom stereocenters. The third-order valence-electron chi connectivity index (χ3n) is 6.20. The lowest BCUT2D eigenvalue weighted by Crippen LogP contribution is -2.43. The van der Waals surface area contributed by atoms with E-state index in [1.807, 2.05) is 25.7 Å². The first-order chi connectivity index (χ1) is 14.6. The van der Waals surface area contributed by atoms with Crippen LogP contribution in [0.15, 0.2) is 0 Å². The van der Waals surface area contributed by atoms with Gasteiger partial charge < -0.3 is 18.8 Å². The molecular formula is C25H45NO5Si. The van der Waals surface area contributed by atoms with Crippen molar-refractivity contribution in [1.29, 1.82) is 0 Å². The van der Waals surface area contributed by atoms with E-state index in [1.54, 1.807) is 6.92 Å². The van der Waals surface area contributed by atoms with Crippen LogP contribution in [-0.2, 0) is 18.7 Å². The molecule has 0 radical (unpaired) electrons. The number of carbonyl (C=O) groups is 2. The molecule has 1 saturated heterocycles. The number of rotatable bonds is 7. The quantitative estimate of drug-likeness (QED) is 0.206. The second-order valence-corrected chi connectivity index (χ2v) is 16.0. The zero-order chi connectivity index (χ0) is 24.6. The average molecular weight is 468 g/mol. The number of carbonyl (C=O) groups excluding carboxylic acids is 2. The fourth-order valence-corrected chi connectivity index (χ4v) is 4.56. The van der Waals surface area contributed by atoms with E-state index in [0.717, 1.165) is 45.2 Å². The zero-order valence-corrected chi connectivity index (χ0v) is 22.8. The lowest BCUT2D eigenvalue weighted by molar-refractivity contribution is -0.136. The van der Waals surface area contributed by atoms with Crippen LogP contribution >= 0.6 is 0 Å². The summed E-state index contributed by atoms with van der Waals surface area (Å²) in [6.07, 6.45) is 4.35. The van der Waals surface area contributed by atoms with Crippen molar-refractivity contribution in [3.05, 3.63) is 0 Å². The summed E-state index contributed by atoms with van der Waals surface area (Å²) < 4.78 is 16.9. The molecule has 32 heavy (non-hydrogen) atoms. The molecule has 0 N–H and O–H groups in total. The van der Waals surface area contributed by atoms with Crippen molar-refractivity contribution in [3.8, 4) is 11.8 Å². The van der Waals surface area contributed by atoms with Crippen molar-refractivity contribution >= 4 is 20.4 Å². The van der Waals surface area contributed by atoms with Crippen molar-refractivity contribution in [2.75, 3.05) is 19.7 Å². The van der Waals surface area contributed by atoms with Gasteiger partial charge in [-0.1, -0.05) is 33.1 Å². The number of ether oxygens (including phenoxy) is 2. The van der Waals surface area contributed by atoms with Gasteiger partial charge in [-0.25, -0.2) is 9.59 Å². The van der Waals surface area contributed by atoms with Crippen molar-refractivity contribution in [2.45, 2.75) is 110 Å². The lowest BCUT2D eigenvalue weighted by atomic mass is 9.91. The molecule has 1 heterocycles. The molecule has 1 fully saturated rings. The Morgan fingerprint density at radius 2 is 1.69 bits per heavy atom. The summed E-state index contributed by atoms with van der Waals surface area (Å²) in [5.74, 6) is 5.73. The smallest absolute Gasteiger partial charge is 0.410 e. The fraction of sp³-hybridized carbons (Fsp3) is 0.840. The van der Waals surface area contributed by atoms with Crippen LogP contribution in [0, 0.1) is 17.8 Å². The third-order valence-corrected chi connectivity index (χ3v) is 10.7. The Bertz CT molecular complexity index is 673. The minimum Gasteiger partial charge on any atom is -0.456 e. The molecule has 6 nitrogen and oxygen atoms in total. The number of hydrogen-bond acceptors (Lipinski definition) is 5. The predicted octanol–water partition coefficient (Wildman–Crippen LogP) is 5.76. The maximum Gasteiger partial charge on any atom is 0.410 e. The molecule has 0 saturated carbocycles. The highest BCUT2D eigenvalue weighted by Crippen LogP contribution is 2.38. The summed E-state index contributed by atoms with van der Waals surface area (Å²) in [7, 11) is -2.00. The van der Waals surface area contributed by atoms with Crippen LogP contribution in [0.3, 0.4) is 0 Å². The molecule has 0 spiro atoms. The van der Waals surface area contributed by atoms with Crippen LogP contribution in [-0.4, -0.2) is 56.7 Å². The van der Waals surface area contributed by atoms with Gasteiger partial charge in [0.05, 0.1) is 6.61 Å². The van der Waals surface area contributed by atoms with Crippen LogP contribution in [0.4, 0.5) is 4.79 Å². The van der Waals surface area contributed by atoms with Crippen LogP contribution < -0.4 is 0 Å². The molecule has 184 valence electrons. The standard InChI is InChI=1S/C25H45NO5Si/c1-10-29-22(27)15-14-21(31-32(8,9)25(5,6)7)13-11-12-20-16-18-26(19-17-20)23(28)30-24(2,3)4/h20-21H,10-13,16-19H2,1-9H3/t21-/m1/s1. The van der Waals surface area contributed by atoms with Gasteiger partial charge in [-0.05, 0) is 77.4 Å². The summed E-state index contributed by atoms with van der Waals surface area (Å²) in [5.41, 5.74) is -0.461. The molecule has 1 aliphatic rings. The molecule has 7 heteroatoms. The lowest BCUT2D eigenvalue weighted by Gasteiger charge is -2.38. The molecule has 0 aliphatic carbocycles. The summed E-state index contributed by atoms with van der Waals surface area (Å²) >= 11 is 0. The predicted molar refractivity (Wildman–Crippen MR) is 131 cm³/mol. The van der Waals surface area contributed by atoms with Gasteiger partial charge in [0.1, 0.15) is 11.7 Å². The molecule has 1 rings (SSSR count). The number of hydrogen-bond donors (Lipinski definition) is 0. The van der Waals surface area contributed by atoms with E-state index >= 15 is 0 Å². The maximum atomic E-state index is 12.2. The van der Waals surface area contributed by atoms with Gasteiger partial charge in [-0.3, -0.25) is 0 Å². The van der Waals surface area contributed by atoms with E-state index in [9.17, 15) is 9.59 Å². The van der Waals surface area contributed by atoms with Gasteiger partial charge in [0.25, 0.3) is 0 Å². The van der Waals surface area contributed by atoms with Crippen molar-refractivity contribution in [3.63, 3.8) is 0 Å². The van der Waals surface area contributed by atoms with E-state index in [4.69, 9.17) is 13.9 Å². The topological polar surface area (TPSA) is 65.1 Å². The van der Waals surface area contributed by atoms with E-state index in [-0.39, 0.29) is 17.2 Å². The van der Waals surface area contributed by atoms with Crippen LogP contribution in [0.2, 0.25) is 18.1 Å². The van der Waals surface area contributed by atoms with Gasteiger partial charge in [0.15, 0.2) is 8.32 Å². The highest BCUT2D eigenvalue weighted by atomic mass is 28.4. The number of likely N-dealkylation sites (tertiary alicyclic amines) is 1. The van der Waals surface area contributed by atoms with Gasteiger partial charge in [0, 0.05) is 19.0 Å². The Balaban J connectivity index is 2.60. The van der Waals surface area contributed by atoms with Crippen molar-refractivity contribution in [2.24, 2.45) is 5.92 Å². The minimum absolute atomic E-state index is 0.0748. The Hall–Kier alpha value is -1.52. The summed E-state index contributed by atoms with van der Waals surface area (Å²) in [6, 6.07) is 0. The largest absolute Gasteiger partial charge is 0.456 e. The summed E-state index contributed by atoms with van der Waals surface area (Å²) in [6.45, 7) is 20.3. The van der Waals surface area contributed by atoms with Crippen LogP contribution in [0.5, 0.6) is 0 Å². The van der Waals surface area contributed by atoms with Crippen LogP contribution in [0.25, 0.3) is 0 Å². The monoisotopic (exact) mass is 467 g/mol. The first-order valence-electron chi connectivity index (χ1n) is 12.0. The van der Waals surface area contributed by atoms with Gasteiger partial charge in [-0.15, -0.1) is 0 Å². The highest BCUT2D eigenvalue weighted by Gasteiger charge is 2.39. The molecule has 0 aromatic rings. The maximum absolute atomic E-state index is 12.2. The van der Waals surface area contributed by atoms with E-state index in [0.29, 0.717) is 12.5 Å². The van der Waals surface area contributed by atoms with E-state index in [2.05, 4.69) is 45.7 Å². The molecule has 1 aliphatic heterocycles. The number of piperidine rings is 1. The van der Waals surface area contributed by atoms with Crippen molar-refractivity contribution in [1.82, 2.24) is 4.90 Å². The van der Waals surface area contributed by atoms with Crippen molar-refractivity contribution < 1.29 is 23.5 Å². The van der Waals surface area contributed by atoms with Gasteiger partial charge in [0.2, 0.25) is 0 Å². The molecule has 1 atom stereocenters. The number of amides is 1. The molecule has 0 aromatic carbocycles. The average Bonchev–Trinajstić information content (AvgIpc) is 2.64. The van der Waals surface area contributed by atoms with Crippen LogP contribution in [0.1, 0.15) is 80.6 Å². The fourth-order valence-electron chi connectivity index (χ4n) is 3.32. The first kappa shape index (κ1) is 28.5. The molecule has 0 aromatic heterocycles. The first-order valence-corrected chi connectivity index (χ1v) is 14.9. The second-order valence-electron chi connectivity index (χ2n) is 11.2. The summed E-state index contributed by atoms with van der Waals surface area (Å²) in [5, 5.41) is 0.0748. The third kappa shape index (κ3) is 10.4.